The summed E-state index contributed by atoms with van der Waals surface area (Å²) in [6.07, 6.45) is -5.30. The molecule has 0 fully saturated rings. The Morgan fingerprint density at radius 2 is 1.70 bits per heavy atom. The van der Waals surface area contributed by atoms with E-state index in [1.54, 1.807) is 18.2 Å². The van der Waals surface area contributed by atoms with E-state index >= 15 is 0 Å². The van der Waals surface area contributed by atoms with E-state index in [4.69, 9.17) is 16.9 Å². The van der Waals surface area contributed by atoms with Crippen LogP contribution in [0.25, 0.3) is 23.0 Å². The molecule has 0 bridgehead atoms. The van der Waals surface area contributed by atoms with Gasteiger partial charge in [-0.05, 0) is 36.4 Å². The lowest BCUT2D eigenvalue weighted by Gasteiger charge is -2.14. The number of alkyl halides is 6. The Bertz CT molecular complexity index is 1240. The van der Waals surface area contributed by atoms with Crippen molar-refractivity contribution in [3.8, 4) is 23.1 Å². The van der Waals surface area contributed by atoms with Crippen molar-refractivity contribution < 1.29 is 31.1 Å². The lowest BCUT2D eigenvalue weighted by Crippen LogP contribution is -2.13. The highest BCUT2D eigenvalue weighted by molar-refractivity contribution is 6.30. The van der Waals surface area contributed by atoms with Gasteiger partial charge in [0.2, 0.25) is 0 Å². The van der Waals surface area contributed by atoms with Crippen LogP contribution >= 0.6 is 11.6 Å². The Labute approximate surface area is 187 Å². The van der Waals surface area contributed by atoms with E-state index in [1.807, 2.05) is 5.32 Å². The number of benzene rings is 2. The Morgan fingerprint density at radius 1 is 1.06 bits per heavy atom. The van der Waals surface area contributed by atoms with Crippen LogP contribution in [0.2, 0.25) is 5.02 Å². The molecule has 33 heavy (non-hydrogen) atoms. The normalized spacial score (nSPS) is 12.1. The van der Waals surface area contributed by atoms with Gasteiger partial charge in [0.1, 0.15) is 5.69 Å². The van der Waals surface area contributed by atoms with Crippen molar-refractivity contribution in [3.63, 3.8) is 0 Å². The van der Waals surface area contributed by atoms with Crippen LogP contribution in [0.3, 0.4) is 0 Å². The molecule has 170 valence electrons. The van der Waals surface area contributed by atoms with E-state index in [0.717, 1.165) is 17.0 Å². The number of amides is 1. The third-order valence-corrected chi connectivity index (χ3v) is 4.51. The second-order valence-electron chi connectivity index (χ2n) is 6.59. The number of halogens is 7. The maximum absolute atomic E-state index is 13.2. The maximum atomic E-state index is 13.2. The van der Waals surface area contributed by atoms with Gasteiger partial charge in [-0.15, -0.1) is 0 Å². The number of rotatable bonds is 4. The van der Waals surface area contributed by atoms with Gasteiger partial charge in [-0.25, -0.2) is 4.68 Å². The van der Waals surface area contributed by atoms with Crippen LogP contribution in [0.5, 0.6) is 0 Å². The Kier molecular flexibility index (Phi) is 6.51. The minimum atomic E-state index is -5.03. The molecular weight excluding hydrogens is 474 g/mol. The van der Waals surface area contributed by atoms with Gasteiger partial charge in [0, 0.05) is 28.4 Å². The molecule has 1 amide bonds. The molecule has 3 aromatic rings. The third kappa shape index (κ3) is 5.72. The van der Waals surface area contributed by atoms with E-state index in [0.29, 0.717) is 22.7 Å². The molecule has 3 rings (SSSR count). The average molecular weight is 485 g/mol. The molecule has 1 heterocycles. The van der Waals surface area contributed by atoms with Gasteiger partial charge in [0.25, 0.3) is 5.91 Å². The lowest BCUT2D eigenvalue weighted by atomic mass is 10.1. The second-order valence-corrected chi connectivity index (χ2v) is 7.02. The Morgan fingerprint density at radius 3 is 2.24 bits per heavy atom. The summed E-state index contributed by atoms with van der Waals surface area (Å²) in [6, 6.07) is 7.24. The molecule has 5 nitrogen and oxygen atoms in total. The van der Waals surface area contributed by atoms with Gasteiger partial charge < -0.3 is 0 Å². The van der Waals surface area contributed by atoms with E-state index < -0.39 is 35.1 Å². The molecule has 0 atom stereocenters. The third-order valence-electron chi connectivity index (χ3n) is 4.27. The van der Waals surface area contributed by atoms with Gasteiger partial charge in [-0.2, -0.15) is 36.7 Å². The molecule has 2 aromatic carbocycles. The van der Waals surface area contributed by atoms with Gasteiger partial charge in [0.05, 0.1) is 16.8 Å². The molecule has 0 unspecified atom stereocenters. The zero-order valence-electron chi connectivity index (χ0n) is 16.2. The molecule has 0 saturated carbocycles. The van der Waals surface area contributed by atoms with E-state index in [1.165, 1.54) is 18.3 Å². The molecule has 1 aromatic heterocycles. The van der Waals surface area contributed by atoms with Crippen LogP contribution in [0, 0.1) is 11.5 Å². The number of nitriles is 1. The predicted molar refractivity (Wildman–Crippen MR) is 107 cm³/mol. The zero-order valence-corrected chi connectivity index (χ0v) is 16.9. The first-order valence-corrected chi connectivity index (χ1v) is 9.29. The van der Waals surface area contributed by atoms with Gasteiger partial charge in [-0.1, -0.05) is 23.7 Å². The summed E-state index contributed by atoms with van der Waals surface area (Å²) in [5, 5.41) is 14.8. The first kappa shape index (κ1) is 23.9. The Balaban J connectivity index is 2.21. The predicted octanol–water partition coefficient (Wildman–Crippen LogP) is 5.84. The molecule has 0 saturated heterocycles. The fourth-order valence-corrected chi connectivity index (χ4v) is 3.02. The van der Waals surface area contributed by atoms with Crippen molar-refractivity contribution in [2.45, 2.75) is 12.4 Å². The summed E-state index contributed by atoms with van der Waals surface area (Å²) in [6.45, 7) is 0. The fourth-order valence-electron chi connectivity index (χ4n) is 2.83. The topological polar surface area (TPSA) is 70.7 Å². The van der Waals surface area contributed by atoms with E-state index in [2.05, 4.69) is 5.10 Å². The first-order valence-electron chi connectivity index (χ1n) is 8.91. The van der Waals surface area contributed by atoms with Crippen LogP contribution in [0.1, 0.15) is 16.7 Å². The van der Waals surface area contributed by atoms with Crippen molar-refractivity contribution >= 4 is 23.6 Å². The highest BCUT2D eigenvalue weighted by atomic mass is 35.5. The smallest absolute Gasteiger partial charge is 0.269 e. The number of hydrogen-bond acceptors (Lipinski definition) is 3. The van der Waals surface area contributed by atoms with Gasteiger partial charge in [-0.3, -0.25) is 10.1 Å². The van der Waals surface area contributed by atoms with E-state index in [-0.39, 0.29) is 17.3 Å². The van der Waals surface area contributed by atoms with Crippen LogP contribution in [0.15, 0.2) is 54.7 Å². The number of carbonyl (C=O) groups is 1. The summed E-state index contributed by atoms with van der Waals surface area (Å²) >= 11 is 5.98. The monoisotopic (exact) mass is 484 g/mol. The molecule has 0 radical (unpaired) electrons. The number of nitrogens with zero attached hydrogens (tertiary/aromatic N) is 3. The Hall–Kier alpha value is -3.78. The number of carbonyl (C=O) groups excluding carboxylic acids is 1. The number of aromatic nitrogens is 2. The summed E-state index contributed by atoms with van der Waals surface area (Å²) < 4.78 is 80.2. The highest BCUT2D eigenvalue weighted by Gasteiger charge is 2.37. The molecule has 12 heteroatoms. The standard InChI is InChI=1S/C21H11ClF6N4O/c22-16-3-1-2-12(6-16)19-13(4-5-18(33)30-11-29)10-32(31-19)17-8-14(20(23,24)25)7-15(9-17)21(26,27)28/h1-10H,(H,30,33). The van der Waals surface area contributed by atoms with Crippen molar-refractivity contribution in [1.82, 2.24) is 15.1 Å². The molecule has 0 aliphatic heterocycles. The van der Waals surface area contributed by atoms with Crippen molar-refractivity contribution in [3.05, 3.63) is 76.5 Å². The molecule has 0 aliphatic carbocycles. The summed E-state index contributed by atoms with van der Waals surface area (Å²) in [7, 11) is 0. The van der Waals surface area contributed by atoms with Gasteiger partial charge >= 0.3 is 12.4 Å². The van der Waals surface area contributed by atoms with Crippen molar-refractivity contribution in [2.75, 3.05) is 0 Å². The minimum Gasteiger partial charge on any atom is -0.269 e. The second kappa shape index (κ2) is 8.99. The molecule has 1 N–H and O–H groups in total. The number of hydrogen-bond donors (Lipinski definition) is 1. The van der Waals surface area contributed by atoms with E-state index in [9.17, 15) is 31.1 Å². The summed E-state index contributed by atoms with van der Waals surface area (Å²) in [4.78, 5) is 11.6. The highest BCUT2D eigenvalue weighted by Crippen LogP contribution is 2.37. The number of nitrogens with one attached hydrogen (secondary N) is 1. The minimum absolute atomic E-state index is 0.0118. The fraction of sp³-hybridized carbons (Fsp3) is 0.0952. The average Bonchev–Trinajstić information content (AvgIpc) is 3.15. The summed E-state index contributed by atoms with van der Waals surface area (Å²) in [5.74, 6) is -0.791. The molecule has 0 aliphatic rings. The van der Waals surface area contributed by atoms with Crippen LogP contribution in [0.4, 0.5) is 26.3 Å². The zero-order chi connectivity index (χ0) is 24.4. The SMILES string of the molecule is N#CNC(=O)C=Cc1cn(-c2cc(C(F)(F)F)cc(C(F)(F)F)c2)nc1-c1cccc(Cl)c1. The van der Waals surface area contributed by atoms with Crippen LogP contribution < -0.4 is 5.32 Å². The summed E-state index contributed by atoms with van der Waals surface area (Å²) in [5.41, 5.74) is -2.80. The molecular formula is C21H11ClF6N4O. The quantitative estimate of drug-likeness (QED) is 0.219. The lowest BCUT2D eigenvalue weighted by molar-refractivity contribution is -0.143. The van der Waals surface area contributed by atoms with Crippen molar-refractivity contribution in [1.29, 1.82) is 5.26 Å². The first-order chi connectivity index (χ1) is 15.4. The van der Waals surface area contributed by atoms with Crippen LogP contribution in [-0.2, 0) is 17.1 Å². The van der Waals surface area contributed by atoms with Crippen molar-refractivity contribution in [2.24, 2.45) is 0 Å². The largest absolute Gasteiger partial charge is 0.416 e. The maximum Gasteiger partial charge on any atom is 0.416 e. The molecule has 0 spiro atoms. The van der Waals surface area contributed by atoms with Gasteiger partial charge in [0.15, 0.2) is 6.19 Å². The van der Waals surface area contributed by atoms with Crippen LogP contribution in [-0.4, -0.2) is 15.7 Å².